The fraction of sp³-hybridized carbons (Fsp3) is 0.345. The Morgan fingerprint density at radius 3 is 2.30 bits per heavy atom. The Balaban J connectivity index is 1.58. The lowest BCUT2D eigenvalue weighted by Gasteiger charge is -2.32. The number of benzene rings is 3. The second-order valence-corrected chi connectivity index (χ2v) is 9.48. The van der Waals surface area contributed by atoms with Crippen LogP contribution in [0.3, 0.4) is 0 Å². The van der Waals surface area contributed by atoms with Crippen molar-refractivity contribution in [1.82, 2.24) is 9.80 Å². The molecular formula is C29H33FN2O. The molecule has 4 heteroatoms. The van der Waals surface area contributed by atoms with Crippen LogP contribution in [-0.2, 0) is 6.54 Å². The molecular weight excluding hydrogens is 411 g/mol. The van der Waals surface area contributed by atoms with Gasteiger partial charge in [0.2, 0.25) is 0 Å². The molecule has 3 aromatic rings. The highest BCUT2D eigenvalue weighted by Crippen LogP contribution is 2.35. The summed E-state index contributed by atoms with van der Waals surface area (Å²) in [6, 6.07) is 25.3. The lowest BCUT2D eigenvalue weighted by Crippen LogP contribution is -2.42. The number of amides is 1. The number of hydrogen-bond acceptors (Lipinski definition) is 2. The SMILES string of the molecule is Cc1ccc(C2CN(Cc3ccccc3F)CC2CN(C(=O)c2ccccc2)C(C)C)cc1. The minimum absolute atomic E-state index is 0.0702. The molecule has 1 saturated heterocycles. The predicted octanol–water partition coefficient (Wildman–Crippen LogP) is 5.90. The third kappa shape index (κ3) is 5.51. The Labute approximate surface area is 196 Å². The molecule has 1 aliphatic rings. The normalized spacial score (nSPS) is 18.6. The van der Waals surface area contributed by atoms with Gasteiger partial charge in [-0.3, -0.25) is 9.69 Å². The number of rotatable bonds is 7. The highest BCUT2D eigenvalue weighted by atomic mass is 19.1. The van der Waals surface area contributed by atoms with Gasteiger partial charge in [-0.2, -0.15) is 0 Å². The first-order valence-corrected chi connectivity index (χ1v) is 11.8. The first-order chi connectivity index (χ1) is 15.9. The van der Waals surface area contributed by atoms with Crippen LogP contribution in [-0.4, -0.2) is 41.4 Å². The Bertz CT molecular complexity index is 1060. The van der Waals surface area contributed by atoms with E-state index in [-0.39, 0.29) is 23.7 Å². The first kappa shape index (κ1) is 23.2. The molecule has 0 spiro atoms. The highest BCUT2D eigenvalue weighted by Gasteiger charge is 2.36. The maximum atomic E-state index is 14.3. The van der Waals surface area contributed by atoms with E-state index in [1.165, 1.54) is 17.2 Å². The first-order valence-electron chi connectivity index (χ1n) is 11.8. The van der Waals surface area contributed by atoms with Crippen LogP contribution in [0.15, 0.2) is 78.9 Å². The number of carbonyl (C=O) groups excluding carboxylic acids is 1. The number of halogens is 1. The number of aryl methyl sites for hydroxylation is 1. The average Bonchev–Trinajstić information content (AvgIpc) is 3.21. The standard InChI is InChI=1S/C29H33FN2O/c1-21(2)32(29(33)24-9-5-4-6-10-24)19-26-18-31(17-25-11-7-8-12-28(25)30)20-27(26)23-15-13-22(3)14-16-23/h4-16,21,26-27H,17-20H2,1-3H3. The van der Waals surface area contributed by atoms with Gasteiger partial charge >= 0.3 is 0 Å². The summed E-state index contributed by atoms with van der Waals surface area (Å²) in [5.41, 5.74) is 3.97. The largest absolute Gasteiger partial charge is 0.336 e. The third-order valence-electron chi connectivity index (χ3n) is 6.71. The predicted molar refractivity (Wildman–Crippen MR) is 132 cm³/mol. The number of carbonyl (C=O) groups is 1. The van der Waals surface area contributed by atoms with Gasteiger partial charge in [-0.25, -0.2) is 4.39 Å². The zero-order valence-electron chi connectivity index (χ0n) is 19.7. The Morgan fingerprint density at radius 1 is 0.970 bits per heavy atom. The van der Waals surface area contributed by atoms with Crippen LogP contribution in [0.25, 0.3) is 0 Å². The van der Waals surface area contributed by atoms with E-state index in [0.717, 1.165) is 24.2 Å². The van der Waals surface area contributed by atoms with Crippen molar-refractivity contribution in [2.24, 2.45) is 5.92 Å². The Hall–Kier alpha value is -2.98. The molecule has 0 aromatic heterocycles. The molecule has 4 rings (SSSR count). The van der Waals surface area contributed by atoms with Crippen LogP contribution < -0.4 is 0 Å². The molecule has 2 atom stereocenters. The van der Waals surface area contributed by atoms with E-state index < -0.39 is 0 Å². The fourth-order valence-corrected chi connectivity index (χ4v) is 4.86. The van der Waals surface area contributed by atoms with Crippen molar-refractivity contribution in [3.05, 3.63) is 107 Å². The minimum atomic E-state index is -0.157. The van der Waals surface area contributed by atoms with Gasteiger partial charge in [0, 0.05) is 49.3 Å². The molecule has 1 fully saturated rings. The van der Waals surface area contributed by atoms with Gasteiger partial charge in [0.05, 0.1) is 0 Å². The summed E-state index contributed by atoms with van der Waals surface area (Å²) in [6.07, 6.45) is 0. The second-order valence-electron chi connectivity index (χ2n) is 9.48. The molecule has 1 amide bonds. The highest BCUT2D eigenvalue weighted by molar-refractivity contribution is 5.94. The molecule has 172 valence electrons. The number of hydrogen-bond donors (Lipinski definition) is 0. The van der Waals surface area contributed by atoms with Crippen LogP contribution >= 0.6 is 0 Å². The molecule has 33 heavy (non-hydrogen) atoms. The third-order valence-corrected chi connectivity index (χ3v) is 6.71. The average molecular weight is 445 g/mol. The molecule has 0 aliphatic carbocycles. The maximum absolute atomic E-state index is 14.3. The summed E-state index contributed by atoms with van der Waals surface area (Å²) in [4.78, 5) is 17.7. The second kappa shape index (κ2) is 10.3. The summed E-state index contributed by atoms with van der Waals surface area (Å²) in [7, 11) is 0. The monoisotopic (exact) mass is 444 g/mol. The molecule has 0 radical (unpaired) electrons. The number of likely N-dealkylation sites (tertiary alicyclic amines) is 1. The maximum Gasteiger partial charge on any atom is 0.254 e. The van der Waals surface area contributed by atoms with E-state index in [4.69, 9.17) is 0 Å². The zero-order valence-corrected chi connectivity index (χ0v) is 19.7. The molecule has 0 bridgehead atoms. The minimum Gasteiger partial charge on any atom is -0.336 e. The van der Waals surface area contributed by atoms with Gasteiger partial charge < -0.3 is 4.90 Å². The molecule has 0 saturated carbocycles. The van der Waals surface area contributed by atoms with Crippen LogP contribution in [0.1, 0.15) is 46.8 Å². The van der Waals surface area contributed by atoms with Gasteiger partial charge in [0.1, 0.15) is 5.82 Å². The van der Waals surface area contributed by atoms with E-state index >= 15 is 0 Å². The van der Waals surface area contributed by atoms with Crippen molar-refractivity contribution in [2.75, 3.05) is 19.6 Å². The van der Waals surface area contributed by atoms with E-state index in [9.17, 15) is 9.18 Å². The van der Waals surface area contributed by atoms with Crippen LogP contribution in [0.5, 0.6) is 0 Å². The smallest absolute Gasteiger partial charge is 0.254 e. The molecule has 2 unspecified atom stereocenters. The Kier molecular flexibility index (Phi) is 7.24. The summed E-state index contributed by atoms with van der Waals surface area (Å²) >= 11 is 0. The summed E-state index contributed by atoms with van der Waals surface area (Å²) < 4.78 is 14.3. The fourth-order valence-electron chi connectivity index (χ4n) is 4.86. The Morgan fingerprint density at radius 2 is 1.64 bits per heavy atom. The quantitative estimate of drug-likeness (QED) is 0.453. The van der Waals surface area contributed by atoms with Crippen LogP contribution in [0.4, 0.5) is 4.39 Å². The van der Waals surface area contributed by atoms with E-state index in [1.807, 2.05) is 47.4 Å². The summed E-state index contributed by atoms with van der Waals surface area (Å²) in [5, 5.41) is 0. The molecule has 3 nitrogen and oxygen atoms in total. The van der Waals surface area contributed by atoms with Gasteiger partial charge in [0.15, 0.2) is 0 Å². The van der Waals surface area contributed by atoms with Crippen LogP contribution in [0.2, 0.25) is 0 Å². The summed E-state index contributed by atoms with van der Waals surface area (Å²) in [6.45, 7) is 9.20. The molecule has 0 N–H and O–H groups in total. The lowest BCUT2D eigenvalue weighted by atomic mass is 9.88. The van der Waals surface area contributed by atoms with Crippen molar-refractivity contribution < 1.29 is 9.18 Å². The number of nitrogens with zero attached hydrogens (tertiary/aromatic N) is 2. The lowest BCUT2D eigenvalue weighted by molar-refractivity contribution is 0.0668. The van der Waals surface area contributed by atoms with Crippen molar-refractivity contribution in [3.63, 3.8) is 0 Å². The topological polar surface area (TPSA) is 23.6 Å². The van der Waals surface area contributed by atoms with Crippen molar-refractivity contribution in [1.29, 1.82) is 0 Å². The summed E-state index contributed by atoms with van der Waals surface area (Å²) in [5.74, 6) is 0.480. The van der Waals surface area contributed by atoms with Gasteiger partial charge in [-0.05, 0) is 50.5 Å². The van der Waals surface area contributed by atoms with Gasteiger partial charge in [0.25, 0.3) is 5.91 Å². The molecule has 1 heterocycles. The van der Waals surface area contributed by atoms with Crippen LogP contribution in [0, 0.1) is 18.7 Å². The molecule has 3 aromatic carbocycles. The molecule has 1 aliphatic heterocycles. The van der Waals surface area contributed by atoms with Gasteiger partial charge in [-0.15, -0.1) is 0 Å². The van der Waals surface area contributed by atoms with Crippen molar-refractivity contribution >= 4 is 5.91 Å². The van der Waals surface area contributed by atoms with E-state index in [1.54, 1.807) is 6.07 Å². The zero-order chi connectivity index (χ0) is 23.4. The van der Waals surface area contributed by atoms with Gasteiger partial charge in [-0.1, -0.05) is 66.2 Å². The van der Waals surface area contributed by atoms with E-state index in [0.29, 0.717) is 19.0 Å². The van der Waals surface area contributed by atoms with Crippen molar-refractivity contribution in [2.45, 2.75) is 39.3 Å². The van der Waals surface area contributed by atoms with E-state index in [2.05, 4.69) is 49.9 Å². The van der Waals surface area contributed by atoms with Crippen molar-refractivity contribution in [3.8, 4) is 0 Å².